The third kappa shape index (κ3) is 4.33. The minimum atomic E-state index is -0.141. The van der Waals surface area contributed by atoms with Crippen LogP contribution in [-0.4, -0.2) is 54.3 Å². The first-order valence-electron chi connectivity index (χ1n) is 8.40. The lowest BCUT2D eigenvalue weighted by Crippen LogP contribution is -2.43. The number of carbonyl (C=O) groups excluding carboxylic acids is 1. The molecule has 1 aliphatic rings. The maximum atomic E-state index is 12.5. The first kappa shape index (κ1) is 17.8. The highest BCUT2D eigenvalue weighted by atomic mass is 16.5. The number of benzene rings is 1. The van der Waals surface area contributed by atoms with Crippen LogP contribution in [0.25, 0.3) is 0 Å². The van der Waals surface area contributed by atoms with Gasteiger partial charge in [-0.3, -0.25) is 0 Å². The molecule has 0 spiro atoms. The number of hydrogen-bond acceptors (Lipinski definition) is 6. The number of nitrogens with one attached hydrogen (secondary N) is 1. The topological polar surface area (TPSA) is 85.8 Å². The van der Waals surface area contributed by atoms with Crippen LogP contribution in [-0.2, 0) is 0 Å². The van der Waals surface area contributed by atoms with Crippen LogP contribution in [0.5, 0.6) is 17.4 Å². The predicted octanol–water partition coefficient (Wildman–Crippen LogP) is 2.57. The van der Waals surface area contributed by atoms with Crippen molar-refractivity contribution in [3.8, 4) is 17.4 Å². The van der Waals surface area contributed by atoms with Gasteiger partial charge in [-0.15, -0.1) is 0 Å². The Morgan fingerprint density at radius 3 is 2.58 bits per heavy atom. The molecule has 2 aromatic rings. The van der Waals surface area contributed by atoms with Gasteiger partial charge < -0.3 is 24.4 Å². The van der Waals surface area contributed by atoms with E-state index in [0.717, 1.165) is 12.8 Å². The number of amides is 2. The summed E-state index contributed by atoms with van der Waals surface area (Å²) in [6.07, 6.45) is 4.66. The third-order valence-electron chi connectivity index (χ3n) is 4.21. The lowest BCUT2D eigenvalue weighted by atomic mass is 10.1. The molecule has 0 unspecified atom stereocenters. The van der Waals surface area contributed by atoms with Gasteiger partial charge in [0.15, 0.2) is 11.5 Å². The average Bonchev–Trinajstić information content (AvgIpc) is 2.69. The quantitative estimate of drug-likeness (QED) is 0.884. The standard InChI is InChI=1S/C18H22N4O4/c1-24-15-4-3-13(11-16(15)25-2)21-18(23)22-9-6-14(7-10-22)26-17-5-8-19-12-20-17/h3-5,8,11-12,14H,6-7,9-10H2,1-2H3,(H,21,23). The summed E-state index contributed by atoms with van der Waals surface area (Å²) in [5, 5.41) is 2.89. The zero-order valence-corrected chi connectivity index (χ0v) is 14.8. The van der Waals surface area contributed by atoms with Crippen LogP contribution in [0.3, 0.4) is 0 Å². The molecule has 1 saturated heterocycles. The van der Waals surface area contributed by atoms with Gasteiger partial charge in [0.05, 0.1) is 14.2 Å². The monoisotopic (exact) mass is 358 g/mol. The molecular weight excluding hydrogens is 336 g/mol. The fraction of sp³-hybridized carbons (Fsp3) is 0.389. The molecule has 1 aromatic heterocycles. The second-order valence-corrected chi connectivity index (χ2v) is 5.85. The minimum absolute atomic E-state index is 0.0510. The van der Waals surface area contributed by atoms with Crippen molar-refractivity contribution in [2.75, 3.05) is 32.6 Å². The van der Waals surface area contributed by atoms with Crippen molar-refractivity contribution in [1.29, 1.82) is 0 Å². The van der Waals surface area contributed by atoms with Crippen molar-refractivity contribution in [2.24, 2.45) is 0 Å². The summed E-state index contributed by atoms with van der Waals surface area (Å²) in [7, 11) is 3.13. The Morgan fingerprint density at radius 2 is 1.92 bits per heavy atom. The Labute approximate surface area is 152 Å². The van der Waals surface area contributed by atoms with Crippen molar-refractivity contribution in [3.63, 3.8) is 0 Å². The van der Waals surface area contributed by atoms with E-state index in [9.17, 15) is 4.79 Å². The summed E-state index contributed by atoms with van der Waals surface area (Å²) in [5.41, 5.74) is 0.659. The lowest BCUT2D eigenvalue weighted by Gasteiger charge is -2.31. The highest BCUT2D eigenvalue weighted by molar-refractivity contribution is 5.89. The number of carbonyl (C=O) groups is 1. The Balaban J connectivity index is 1.52. The van der Waals surface area contributed by atoms with E-state index in [2.05, 4.69) is 15.3 Å². The number of rotatable bonds is 5. The maximum absolute atomic E-state index is 12.5. The molecule has 1 fully saturated rings. The van der Waals surface area contributed by atoms with Crippen molar-refractivity contribution < 1.29 is 19.0 Å². The number of anilines is 1. The van der Waals surface area contributed by atoms with Crippen LogP contribution in [0.1, 0.15) is 12.8 Å². The summed E-state index contributed by atoms with van der Waals surface area (Å²) >= 11 is 0. The zero-order valence-electron chi connectivity index (χ0n) is 14.8. The van der Waals surface area contributed by atoms with Crippen molar-refractivity contribution in [1.82, 2.24) is 14.9 Å². The average molecular weight is 358 g/mol. The van der Waals surface area contributed by atoms with Crippen LogP contribution in [0.4, 0.5) is 10.5 Å². The van der Waals surface area contributed by atoms with Gasteiger partial charge in [0.1, 0.15) is 12.4 Å². The van der Waals surface area contributed by atoms with Crippen LogP contribution in [0.15, 0.2) is 36.8 Å². The third-order valence-corrected chi connectivity index (χ3v) is 4.21. The van der Waals surface area contributed by atoms with E-state index in [-0.39, 0.29) is 12.1 Å². The number of piperidine rings is 1. The molecule has 2 heterocycles. The molecule has 3 rings (SSSR count). The van der Waals surface area contributed by atoms with Crippen LogP contribution in [0, 0.1) is 0 Å². The molecule has 0 saturated carbocycles. The van der Waals surface area contributed by atoms with E-state index in [1.165, 1.54) is 6.33 Å². The van der Waals surface area contributed by atoms with E-state index >= 15 is 0 Å². The van der Waals surface area contributed by atoms with Crippen molar-refractivity contribution in [3.05, 3.63) is 36.8 Å². The Bertz CT molecular complexity index is 733. The van der Waals surface area contributed by atoms with E-state index in [0.29, 0.717) is 36.2 Å². The minimum Gasteiger partial charge on any atom is -0.493 e. The molecule has 8 heteroatoms. The number of hydrogen-bond donors (Lipinski definition) is 1. The van der Waals surface area contributed by atoms with Crippen LogP contribution < -0.4 is 19.5 Å². The normalized spacial score (nSPS) is 14.6. The molecule has 1 aromatic carbocycles. The molecule has 0 bridgehead atoms. The zero-order chi connectivity index (χ0) is 18.4. The maximum Gasteiger partial charge on any atom is 0.321 e. The summed E-state index contributed by atoms with van der Waals surface area (Å²) in [6.45, 7) is 1.24. The summed E-state index contributed by atoms with van der Waals surface area (Å²) < 4.78 is 16.3. The van der Waals surface area contributed by atoms with Gasteiger partial charge in [-0.25, -0.2) is 14.8 Å². The highest BCUT2D eigenvalue weighted by Gasteiger charge is 2.24. The summed E-state index contributed by atoms with van der Waals surface area (Å²) in [6, 6.07) is 6.87. The second kappa shape index (κ2) is 8.37. The molecule has 0 aliphatic carbocycles. The SMILES string of the molecule is COc1ccc(NC(=O)N2CCC(Oc3ccncn3)CC2)cc1OC. The van der Waals surface area contributed by atoms with E-state index in [4.69, 9.17) is 14.2 Å². The number of urea groups is 1. The molecule has 1 aliphatic heterocycles. The van der Waals surface area contributed by atoms with E-state index in [1.54, 1.807) is 49.6 Å². The Kier molecular flexibility index (Phi) is 5.73. The van der Waals surface area contributed by atoms with Gasteiger partial charge >= 0.3 is 6.03 Å². The van der Waals surface area contributed by atoms with Gasteiger partial charge in [-0.2, -0.15) is 0 Å². The molecular formula is C18H22N4O4. The number of methoxy groups -OCH3 is 2. The summed E-state index contributed by atoms with van der Waals surface area (Å²) in [4.78, 5) is 22.2. The molecule has 0 atom stereocenters. The van der Waals surface area contributed by atoms with E-state index < -0.39 is 0 Å². The Hall–Kier alpha value is -3.03. The Morgan fingerprint density at radius 1 is 1.15 bits per heavy atom. The van der Waals surface area contributed by atoms with E-state index in [1.807, 2.05) is 0 Å². The molecule has 8 nitrogen and oxygen atoms in total. The fourth-order valence-corrected chi connectivity index (χ4v) is 2.81. The predicted molar refractivity (Wildman–Crippen MR) is 95.8 cm³/mol. The molecule has 2 amide bonds. The largest absolute Gasteiger partial charge is 0.493 e. The number of likely N-dealkylation sites (tertiary alicyclic amines) is 1. The molecule has 138 valence electrons. The molecule has 1 N–H and O–H groups in total. The number of aromatic nitrogens is 2. The van der Waals surface area contributed by atoms with Gasteiger partial charge in [0, 0.05) is 49.9 Å². The summed E-state index contributed by atoms with van der Waals surface area (Å²) in [5.74, 6) is 1.75. The van der Waals surface area contributed by atoms with Crippen molar-refractivity contribution in [2.45, 2.75) is 18.9 Å². The van der Waals surface area contributed by atoms with Crippen LogP contribution >= 0.6 is 0 Å². The number of ether oxygens (including phenoxy) is 3. The molecule has 0 radical (unpaired) electrons. The second-order valence-electron chi connectivity index (χ2n) is 5.85. The van der Waals surface area contributed by atoms with Crippen LogP contribution in [0.2, 0.25) is 0 Å². The van der Waals surface area contributed by atoms with Gasteiger partial charge in [-0.1, -0.05) is 0 Å². The van der Waals surface area contributed by atoms with Gasteiger partial charge in [0.2, 0.25) is 5.88 Å². The first-order valence-corrected chi connectivity index (χ1v) is 8.40. The lowest BCUT2D eigenvalue weighted by molar-refractivity contribution is 0.111. The molecule has 26 heavy (non-hydrogen) atoms. The first-order chi connectivity index (χ1) is 12.7. The fourth-order valence-electron chi connectivity index (χ4n) is 2.81. The number of nitrogens with zero attached hydrogens (tertiary/aromatic N) is 3. The van der Waals surface area contributed by atoms with Gasteiger partial charge in [0.25, 0.3) is 0 Å². The van der Waals surface area contributed by atoms with Gasteiger partial charge in [-0.05, 0) is 12.1 Å². The smallest absolute Gasteiger partial charge is 0.321 e. The van der Waals surface area contributed by atoms with Crippen molar-refractivity contribution >= 4 is 11.7 Å². The highest BCUT2D eigenvalue weighted by Crippen LogP contribution is 2.30.